The fraction of sp³-hybridized carbons (Fsp3) is 0.583. The van der Waals surface area contributed by atoms with Gasteiger partial charge in [0.2, 0.25) is 5.91 Å². The van der Waals surface area contributed by atoms with E-state index in [-0.39, 0.29) is 29.2 Å². The molecule has 46 heavy (non-hydrogen) atoms. The molecule has 1 spiro atoms. The summed E-state index contributed by atoms with van der Waals surface area (Å²) >= 11 is 3.51. The van der Waals surface area contributed by atoms with Gasteiger partial charge in [0.15, 0.2) is 5.60 Å². The predicted molar refractivity (Wildman–Crippen MR) is 181 cm³/mol. The second kappa shape index (κ2) is 12.4. The van der Waals surface area contributed by atoms with E-state index in [0.29, 0.717) is 51.1 Å². The van der Waals surface area contributed by atoms with Gasteiger partial charge >= 0.3 is 6.09 Å². The van der Waals surface area contributed by atoms with E-state index >= 15 is 0 Å². The molecule has 1 aliphatic carbocycles. The second-order valence-corrected chi connectivity index (χ2v) is 16.1. The van der Waals surface area contributed by atoms with E-state index in [1.54, 1.807) is 4.90 Å². The third-order valence-corrected chi connectivity index (χ3v) is 9.95. The Bertz CT molecular complexity index is 1450. The molecule has 0 radical (unpaired) electrons. The maximum atomic E-state index is 13.8. The Morgan fingerprint density at radius 1 is 0.935 bits per heavy atom. The summed E-state index contributed by atoms with van der Waals surface area (Å²) in [6.45, 7) is 13.9. The van der Waals surface area contributed by atoms with Gasteiger partial charge in [0, 0.05) is 73.5 Å². The van der Waals surface area contributed by atoms with Gasteiger partial charge in [0.25, 0.3) is 5.91 Å². The molecule has 2 aromatic carbocycles. The van der Waals surface area contributed by atoms with Gasteiger partial charge in [-0.05, 0) is 90.1 Å². The molecule has 9 nitrogen and oxygen atoms in total. The Balaban J connectivity index is 1.03. The number of halogens is 1. The number of ether oxygens (including phenoxy) is 2. The van der Waals surface area contributed by atoms with Crippen molar-refractivity contribution in [1.29, 1.82) is 0 Å². The summed E-state index contributed by atoms with van der Waals surface area (Å²) in [6.07, 6.45) is 3.70. The molecule has 0 aromatic heterocycles. The smallest absolute Gasteiger partial charge is 0.410 e. The van der Waals surface area contributed by atoms with E-state index < -0.39 is 11.2 Å². The molecule has 0 unspecified atom stereocenters. The first-order chi connectivity index (χ1) is 21.7. The molecule has 3 aliphatic heterocycles. The molecule has 0 bridgehead atoms. The zero-order chi connectivity index (χ0) is 32.9. The van der Waals surface area contributed by atoms with Crippen molar-refractivity contribution in [3.63, 3.8) is 0 Å². The number of anilines is 1. The summed E-state index contributed by atoms with van der Waals surface area (Å²) in [4.78, 5) is 47.6. The van der Waals surface area contributed by atoms with Crippen molar-refractivity contribution in [1.82, 2.24) is 14.7 Å². The van der Waals surface area contributed by atoms with Crippen molar-refractivity contribution in [3.05, 3.63) is 58.6 Å². The van der Waals surface area contributed by atoms with Crippen LogP contribution in [0.25, 0.3) is 0 Å². The van der Waals surface area contributed by atoms with Crippen LogP contribution in [-0.4, -0.2) is 89.1 Å². The fourth-order valence-electron chi connectivity index (χ4n) is 7.00. The molecule has 6 rings (SSSR count). The number of carbonyl (C=O) groups excluding carboxylic acids is 3. The molecular formula is C36H47BrN4O5. The first kappa shape index (κ1) is 32.7. The minimum absolute atomic E-state index is 0.0435. The number of rotatable bonds is 8. The first-order valence-corrected chi connectivity index (χ1v) is 17.4. The summed E-state index contributed by atoms with van der Waals surface area (Å²) in [5.74, 6) is 0.772. The summed E-state index contributed by atoms with van der Waals surface area (Å²) in [5.41, 5.74) is 0.543. The Morgan fingerprint density at radius 3 is 2.26 bits per heavy atom. The highest BCUT2D eigenvalue weighted by molar-refractivity contribution is 9.10. The lowest BCUT2D eigenvalue weighted by Gasteiger charge is -2.60. The Hall–Kier alpha value is -3.27. The number of hydrogen-bond acceptors (Lipinski definition) is 6. The van der Waals surface area contributed by atoms with Crippen molar-refractivity contribution in [2.75, 3.05) is 44.2 Å². The summed E-state index contributed by atoms with van der Waals surface area (Å²) in [5, 5.41) is 0. The van der Waals surface area contributed by atoms with Crippen LogP contribution in [0.15, 0.2) is 53.0 Å². The lowest BCUT2D eigenvalue weighted by molar-refractivity contribution is -0.169. The van der Waals surface area contributed by atoms with Gasteiger partial charge in [-0.3, -0.25) is 9.59 Å². The number of likely N-dealkylation sites (tertiary alicyclic amines) is 2. The second-order valence-electron chi connectivity index (χ2n) is 15.2. The average molecular weight is 696 g/mol. The molecule has 10 heteroatoms. The maximum Gasteiger partial charge on any atom is 0.410 e. The molecule has 2 aromatic rings. The number of hydrogen-bond donors (Lipinski definition) is 0. The fourth-order valence-corrected chi connectivity index (χ4v) is 7.26. The van der Waals surface area contributed by atoms with E-state index in [9.17, 15) is 14.4 Å². The molecule has 248 valence electrons. The quantitative estimate of drug-likeness (QED) is 0.333. The van der Waals surface area contributed by atoms with Gasteiger partial charge in [0.1, 0.15) is 11.4 Å². The maximum absolute atomic E-state index is 13.8. The van der Waals surface area contributed by atoms with E-state index in [1.165, 1.54) is 0 Å². The van der Waals surface area contributed by atoms with Crippen LogP contribution in [0.2, 0.25) is 0 Å². The standard InChI is InChI=1S/C36H47BrN4O5/c1-34(2,3)46-33(44)40-23-36(24-40)21-39(22-36)32(43)35(4,5)45-30-10-6-9-29(18-30)38-17-7-8-26(20-38)31(42)41(28-15-16-28)19-25-11-13-27(37)14-12-25/h6,9-14,18,26,28H,7-8,15-17,19-24H2,1-5H3/t26-/m1/s1. The van der Waals surface area contributed by atoms with Crippen LogP contribution >= 0.6 is 15.9 Å². The lowest BCUT2D eigenvalue weighted by atomic mass is 9.72. The van der Waals surface area contributed by atoms with Crippen LogP contribution in [0.1, 0.15) is 65.9 Å². The van der Waals surface area contributed by atoms with Crippen LogP contribution < -0.4 is 9.64 Å². The molecule has 3 heterocycles. The zero-order valence-corrected chi connectivity index (χ0v) is 29.3. The molecule has 1 saturated carbocycles. The largest absolute Gasteiger partial charge is 0.478 e. The molecule has 3 amide bonds. The van der Waals surface area contributed by atoms with Gasteiger partial charge in [-0.2, -0.15) is 0 Å². The average Bonchev–Trinajstić information content (AvgIpc) is 3.79. The number of nitrogens with zero attached hydrogens (tertiary/aromatic N) is 4. The number of carbonyl (C=O) groups is 3. The zero-order valence-electron chi connectivity index (χ0n) is 27.8. The highest BCUT2D eigenvalue weighted by atomic mass is 79.9. The van der Waals surface area contributed by atoms with Crippen LogP contribution in [0.3, 0.4) is 0 Å². The molecule has 4 fully saturated rings. The van der Waals surface area contributed by atoms with Crippen LogP contribution in [0.5, 0.6) is 5.75 Å². The topological polar surface area (TPSA) is 82.6 Å². The third kappa shape index (κ3) is 7.32. The molecule has 4 aliphatic rings. The van der Waals surface area contributed by atoms with Crippen molar-refractivity contribution in [3.8, 4) is 5.75 Å². The van der Waals surface area contributed by atoms with Crippen molar-refractivity contribution < 1.29 is 23.9 Å². The highest BCUT2D eigenvalue weighted by Crippen LogP contribution is 2.41. The summed E-state index contributed by atoms with van der Waals surface area (Å²) in [6, 6.07) is 16.5. The molecule has 0 N–H and O–H groups in total. The van der Waals surface area contributed by atoms with Gasteiger partial charge in [0.05, 0.1) is 5.92 Å². The van der Waals surface area contributed by atoms with E-state index in [4.69, 9.17) is 9.47 Å². The molecule has 1 atom stereocenters. The van der Waals surface area contributed by atoms with E-state index in [0.717, 1.165) is 48.0 Å². The SMILES string of the molecule is CC(C)(C)OC(=O)N1CC2(C1)CN(C(=O)C(C)(C)Oc1cccc(N3CCC[C@@H](C(=O)N(Cc4ccc(Br)cc4)C4CC4)C3)c1)C2. The minimum Gasteiger partial charge on any atom is -0.478 e. The van der Waals surface area contributed by atoms with Crippen LogP contribution in [0, 0.1) is 11.3 Å². The summed E-state index contributed by atoms with van der Waals surface area (Å²) in [7, 11) is 0. The van der Waals surface area contributed by atoms with Crippen molar-refractivity contribution in [2.24, 2.45) is 11.3 Å². The first-order valence-electron chi connectivity index (χ1n) is 16.6. The normalized spacial score (nSPS) is 20.9. The Morgan fingerprint density at radius 2 is 1.61 bits per heavy atom. The predicted octanol–water partition coefficient (Wildman–Crippen LogP) is 6.09. The van der Waals surface area contributed by atoms with Gasteiger partial charge in [-0.15, -0.1) is 0 Å². The molecule has 3 saturated heterocycles. The van der Waals surface area contributed by atoms with E-state index in [1.807, 2.05) is 69.9 Å². The van der Waals surface area contributed by atoms with Crippen LogP contribution in [0.4, 0.5) is 10.5 Å². The third-order valence-electron chi connectivity index (χ3n) is 9.42. The number of piperidine rings is 1. The van der Waals surface area contributed by atoms with Gasteiger partial charge < -0.3 is 29.1 Å². The monoisotopic (exact) mass is 694 g/mol. The number of amides is 3. The van der Waals surface area contributed by atoms with Crippen LogP contribution in [-0.2, 0) is 20.9 Å². The van der Waals surface area contributed by atoms with Crippen molar-refractivity contribution >= 4 is 39.5 Å². The van der Waals surface area contributed by atoms with E-state index in [2.05, 4.69) is 43.9 Å². The van der Waals surface area contributed by atoms with Gasteiger partial charge in [-0.25, -0.2) is 4.79 Å². The number of benzene rings is 2. The Kier molecular flexibility index (Phi) is 8.80. The Labute approximate surface area is 281 Å². The highest BCUT2D eigenvalue weighted by Gasteiger charge is 2.57. The minimum atomic E-state index is -1.05. The van der Waals surface area contributed by atoms with Crippen molar-refractivity contribution in [2.45, 2.75) is 84.1 Å². The van der Waals surface area contributed by atoms with Gasteiger partial charge in [-0.1, -0.05) is 34.1 Å². The lowest BCUT2D eigenvalue weighted by Crippen LogP contribution is -2.75. The summed E-state index contributed by atoms with van der Waals surface area (Å²) < 4.78 is 12.9. The molecular weight excluding hydrogens is 648 g/mol.